The molecule has 1 heterocycles. The summed E-state index contributed by atoms with van der Waals surface area (Å²) < 4.78 is 92.9. The normalized spacial score (nSPS) is 15.6. The minimum atomic E-state index is -4.41. The van der Waals surface area contributed by atoms with Crippen molar-refractivity contribution < 1.29 is 45.4 Å². The SMILES string of the molecule is CC(C)(CC[C@H]1CN(S(=O)(=O)c2cccc(OC(F)F)c2)c2cc(-c3cc(F)ccc3F)ccc2O1)C(=O)O. The highest BCUT2D eigenvalue weighted by Gasteiger charge is 2.37. The minimum absolute atomic E-state index is 0.0186. The van der Waals surface area contributed by atoms with E-state index in [1.165, 1.54) is 50.2 Å². The molecule has 0 spiro atoms. The molecular formula is C27H25F4NO6S. The Kier molecular flexibility index (Phi) is 7.78. The lowest BCUT2D eigenvalue weighted by Gasteiger charge is -2.36. The minimum Gasteiger partial charge on any atom is -0.486 e. The number of aliphatic carboxylic acids is 1. The lowest BCUT2D eigenvalue weighted by molar-refractivity contribution is -0.147. The molecule has 4 rings (SSSR count). The number of rotatable bonds is 9. The number of hydrogen-bond donors (Lipinski definition) is 1. The lowest BCUT2D eigenvalue weighted by Crippen LogP contribution is -2.44. The number of fused-ring (bicyclic) bond motifs is 1. The summed E-state index contributed by atoms with van der Waals surface area (Å²) in [7, 11) is -4.41. The summed E-state index contributed by atoms with van der Waals surface area (Å²) in [6.07, 6.45) is -0.414. The Balaban J connectivity index is 1.78. The van der Waals surface area contributed by atoms with Crippen LogP contribution in [0.25, 0.3) is 11.1 Å². The molecule has 0 fully saturated rings. The summed E-state index contributed by atoms with van der Waals surface area (Å²) in [6, 6.07) is 11.7. The molecule has 0 radical (unpaired) electrons. The van der Waals surface area contributed by atoms with Crippen molar-refractivity contribution in [3.63, 3.8) is 0 Å². The number of ether oxygens (including phenoxy) is 2. The van der Waals surface area contributed by atoms with E-state index in [2.05, 4.69) is 4.74 Å². The number of anilines is 1. The average Bonchev–Trinajstić information content (AvgIpc) is 2.87. The van der Waals surface area contributed by atoms with Gasteiger partial charge in [-0.25, -0.2) is 17.2 Å². The summed E-state index contributed by atoms with van der Waals surface area (Å²) in [4.78, 5) is 11.2. The van der Waals surface area contributed by atoms with Crippen LogP contribution in [-0.2, 0) is 14.8 Å². The van der Waals surface area contributed by atoms with Crippen LogP contribution in [0.5, 0.6) is 11.5 Å². The van der Waals surface area contributed by atoms with Gasteiger partial charge in [0.25, 0.3) is 10.0 Å². The van der Waals surface area contributed by atoms with Crippen LogP contribution in [0, 0.1) is 17.0 Å². The Morgan fingerprint density at radius 2 is 1.87 bits per heavy atom. The van der Waals surface area contributed by atoms with Gasteiger partial charge < -0.3 is 14.6 Å². The number of nitrogens with zero attached hydrogens (tertiary/aromatic N) is 1. The van der Waals surface area contributed by atoms with Crippen molar-refractivity contribution in [3.8, 4) is 22.6 Å². The molecular weight excluding hydrogens is 542 g/mol. The van der Waals surface area contributed by atoms with Crippen molar-refractivity contribution >= 4 is 21.7 Å². The highest BCUT2D eigenvalue weighted by atomic mass is 32.2. The second-order valence-corrected chi connectivity index (χ2v) is 11.5. The van der Waals surface area contributed by atoms with Crippen LogP contribution in [-0.4, -0.2) is 38.8 Å². The van der Waals surface area contributed by atoms with Gasteiger partial charge in [-0.05, 0) is 74.7 Å². The molecule has 0 aliphatic carbocycles. The third kappa shape index (κ3) is 6.11. The van der Waals surface area contributed by atoms with Gasteiger partial charge in [0.1, 0.15) is 29.2 Å². The molecule has 0 aromatic heterocycles. The Labute approximate surface area is 222 Å². The first-order valence-corrected chi connectivity index (χ1v) is 13.3. The molecule has 1 aliphatic rings. The molecule has 7 nitrogen and oxygen atoms in total. The Hall–Kier alpha value is -3.80. The summed E-state index contributed by atoms with van der Waals surface area (Å²) in [5.41, 5.74) is -1.01. The first-order valence-electron chi connectivity index (χ1n) is 11.8. The van der Waals surface area contributed by atoms with Crippen molar-refractivity contribution in [3.05, 3.63) is 72.3 Å². The molecule has 39 heavy (non-hydrogen) atoms. The first-order chi connectivity index (χ1) is 18.3. The van der Waals surface area contributed by atoms with E-state index < -0.39 is 45.8 Å². The maximum atomic E-state index is 14.5. The van der Waals surface area contributed by atoms with Crippen LogP contribution < -0.4 is 13.8 Å². The Morgan fingerprint density at radius 3 is 2.56 bits per heavy atom. The number of alkyl halides is 2. The molecule has 0 amide bonds. The fourth-order valence-corrected chi connectivity index (χ4v) is 5.68. The third-order valence-corrected chi connectivity index (χ3v) is 8.19. The molecule has 0 bridgehead atoms. The largest absolute Gasteiger partial charge is 0.486 e. The number of benzene rings is 3. The van der Waals surface area contributed by atoms with Gasteiger partial charge in [-0.2, -0.15) is 8.78 Å². The first kappa shape index (κ1) is 28.2. The highest BCUT2D eigenvalue weighted by molar-refractivity contribution is 7.92. The highest BCUT2D eigenvalue weighted by Crippen LogP contribution is 2.42. The van der Waals surface area contributed by atoms with Crippen LogP contribution in [0.1, 0.15) is 26.7 Å². The smallest absolute Gasteiger partial charge is 0.387 e. The third-order valence-electron chi connectivity index (χ3n) is 6.42. The number of carboxylic acid groups (broad SMARTS) is 1. The van der Waals surface area contributed by atoms with Gasteiger partial charge in [0.15, 0.2) is 0 Å². The van der Waals surface area contributed by atoms with Crippen molar-refractivity contribution in [2.75, 3.05) is 10.8 Å². The lowest BCUT2D eigenvalue weighted by atomic mass is 9.86. The van der Waals surface area contributed by atoms with E-state index in [0.29, 0.717) is 0 Å². The van der Waals surface area contributed by atoms with Crippen LogP contribution in [0.15, 0.2) is 65.6 Å². The van der Waals surface area contributed by atoms with Gasteiger partial charge in [-0.3, -0.25) is 9.10 Å². The number of sulfonamides is 1. The quantitative estimate of drug-likeness (QED) is 0.315. The zero-order valence-electron chi connectivity index (χ0n) is 20.9. The predicted molar refractivity (Wildman–Crippen MR) is 134 cm³/mol. The van der Waals surface area contributed by atoms with Crippen LogP contribution in [0.2, 0.25) is 0 Å². The molecule has 1 N–H and O–H groups in total. The van der Waals surface area contributed by atoms with Gasteiger partial charge in [0, 0.05) is 11.6 Å². The fraction of sp³-hybridized carbons (Fsp3) is 0.296. The standard InChI is InChI=1S/C27H25F4NO6S/c1-27(2,25(33)34)11-10-19-15-32(39(35,36)20-5-3-4-18(14-20)38-26(30)31)23-12-16(6-9-24(23)37-19)21-13-17(28)7-8-22(21)29/h3-9,12-14,19,26H,10-11,15H2,1-2H3,(H,33,34)/t19-/m0/s1. The van der Waals surface area contributed by atoms with E-state index >= 15 is 0 Å². The summed E-state index contributed by atoms with van der Waals surface area (Å²) in [6.45, 7) is -0.345. The zero-order chi connectivity index (χ0) is 28.5. The zero-order valence-corrected chi connectivity index (χ0v) is 21.7. The molecule has 0 unspecified atom stereocenters. The van der Waals surface area contributed by atoms with Crippen molar-refractivity contribution in [1.82, 2.24) is 0 Å². The predicted octanol–water partition coefficient (Wildman–Crippen LogP) is 6.08. The maximum absolute atomic E-state index is 14.5. The second-order valence-electron chi connectivity index (χ2n) is 9.66. The van der Waals surface area contributed by atoms with Crippen molar-refractivity contribution in [2.24, 2.45) is 5.41 Å². The molecule has 3 aromatic rings. The number of carboxylic acids is 1. The molecule has 0 saturated carbocycles. The summed E-state index contributed by atoms with van der Waals surface area (Å²) in [5.74, 6) is -2.70. The van der Waals surface area contributed by atoms with E-state index in [1.54, 1.807) is 0 Å². The summed E-state index contributed by atoms with van der Waals surface area (Å²) >= 11 is 0. The van der Waals surface area contributed by atoms with Gasteiger partial charge in [0.05, 0.1) is 22.5 Å². The van der Waals surface area contributed by atoms with Crippen LogP contribution >= 0.6 is 0 Å². The molecule has 1 atom stereocenters. The van der Waals surface area contributed by atoms with Gasteiger partial charge >= 0.3 is 12.6 Å². The fourth-order valence-electron chi connectivity index (χ4n) is 4.14. The second kappa shape index (κ2) is 10.8. The van der Waals surface area contributed by atoms with Gasteiger partial charge in [-0.1, -0.05) is 12.1 Å². The topological polar surface area (TPSA) is 93.1 Å². The van der Waals surface area contributed by atoms with Gasteiger partial charge in [0.2, 0.25) is 0 Å². The van der Waals surface area contributed by atoms with Crippen molar-refractivity contribution in [1.29, 1.82) is 0 Å². The number of hydrogen-bond acceptors (Lipinski definition) is 5. The van der Waals surface area contributed by atoms with Crippen molar-refractivity contribution in [2.45, 2.75) is 44.3 Å². The average molecular weight is 568 g/mol. The molecule has 12 heteroatoms. The summed E-state index contributed by atoms with van der Waals surface area (Å²) in [5, 5.41) is 9.46. The van der Waals surface area contributed by atoms with E-state index in [4.69, 9.17) is 4.74 Å². The van der Waals surface area contributed by atoms with E-state index in [-0.39, 0.29) is 52.6 Å². The molecule has 1 aliphatic heterocycles. The van der Waals surface area contributed by atoms with E-state index in [0.717, 1.165) is 28.6 Å². The maximum Gasteiger partial charge on any atom is 0.387 e. The molecule has 208 valence electrons. The van der Waals surface area contributed by atoms with Crippen LogP contribution in [0.4, 0.5) is 23.2 Å². The van der Waals surface area contributed by atoms with Gasteiger partial charge in [-0.15, -0.1) is 0 Å². The Bertz CT molecular complexity index is 1500. The number of carbonyl (C=O) groups is 1. The Morgan fingerprint density at radius 1 is 1.13 bits per heavy atom. The van der Waals surface area contributed by atoms with E-state index in [1.807, 2.05) is 0 Å². The van der Waals surface area contributed by atoms with E-state index in [9.17, 15) is 35.9 Å². The van der Waals surface area contributed by atoms with Crippen LogP contribution in [0.3, 0.4) is 0 Å². The molecule has 0 saturated heterocycles. The number of halogens is 4. The monoisotopic (exact) mass is 567 g/mol. The molecule has 3 aromatic carbocycles.